The molecule has 0 aliphatic rings. The lowest BCUT2D eigenvalue weighted by Crippen LogP contribution is -2.24. The van der Waals surface area contributed by atoms with E-state index in [0.29, 0.717) is 23.5 Å². The third-order valence-electron chi connectivity index (χ3n) is 6.47. The molecule has 1 aromatic heterocycles. The molecule has 0 radical (unpaired) electrons. The molecule has 240 valence electrons. The Labute approximate surface area is 271 Å². The predicted molar refractivity (Wildman–Crippen MR) is 189 cm³/mol. The second kappa shape index (κ2) is 20.7. The highest BCUT2D eigenvalue weighted by atomic mass is 32.2. The van der Waals surface area contributed by atoms with Crippen molar-refractivity contribution in [2.24, 2.45) is 4.99 Å². The number of aliphatic imine (C=N–C) groups is 1. The Kier molecular flexibility index (Phi) is 17.0. The summed E-state index contributed by atoms with van der Waals surface area (Å²) in [7, 11) is 0. The third kappa shape index (κ3) is 12.0. The highest BCUT2D eigenvalue weighted by Gasteiger charge is 2.13. The number of pyridine rings is 1. The average molecular weight is 634 g/mol. The van der Waals surface area contributed by atoms with Crippen LogP contribution in [0.15, 0.2) is 84.5 Å². The van der Waals surface area contributed by atoms with Gasteiger partial charge in [-0.25, -0.2) is 13.8 Å². The van der Waals surface area contributed by atoms with Gasteiger partial charge in [-0.2, -0.15) is 0 Å². The van der Waals surface area contributed by atoms with Crippen LogP contribution in [0.1, 0.15) is 74.0 Å². The molecule has 9 heteroatoms. The van der Waals surface area contributed by atoms with Crippen LogP contribution in [0, 0.1) is 11.6 Å². The Morgan fingerprint density at radius 1 is 1.04 bits per heavy atom. The van der Waals surface area contributed by atoms with E-state index in [1.165, 1.54) is 18.9 Å². The standard InChI is InChI=1S/C34H39F2N5OS.C2H6/c1-5-7-9-18-38-24(3)28-22-26(15-17-31(28)37-6-2)32(43-4)13-8-10-19-39-33-27(12-11-20-40-33)34(42)41-23-25-14-16-29(35)30(36)21-25;1-2/h6,8,10-17,20-22,38H,3,5,7,9,18-19,23H2,1-2,4H3,(H,39,40)(H,41,42);1-2H3/b10-8+,32-13-,37-6?;. The van der Waals surface area contributed by atoms with Gasteiger partial charge in [0.15, 0.2) is 11.6 Å². The minimum Gasteiger partial charge on any atom is -0.385 e. The number of unbranched alkanes of at least 4 members (excludes halogenated alkanes) is 2. The Balaban J connectivity index is 0.00000345. The SMILES string of the molecule is C=C(NCCCCC)c1cc(/C(=C/C=C/CNc2ncccc2C(=O)NCc2ccc(F)c(F)c2)SC)ccc1N=CC.CC. The second-order valence-corrected chi connectivity index (χ2v) is 10.5. The largest absolute Gasteiger partial charge is 0.385 e. The summed E-state index contributed by atoms with van der Waals surface area (Å²) in [5.41, 5.74) is 4.58. The van der Waals surface area contributed by atoms with E-state index >= 15 is 0 Å². The van der Waals surface area contributed by atoms with E-state index in [1.807, 2.05) is 51.3 Å². The lowest BCUT2D eigenvalue weighted by molar-refractivity contribution is 0.0951. The molecule has 0 fully saturated rings. The minimum absolute atomic E-state index is 0.0578. The van der Waals surface area contributed by atoms with Crippen LogP contribution in [0.3, 0.4) is 0 Å². The highest BCUT2D eigenvalue weighted by Crippen LogP contribution is 2.32. The van der Waals surface area contributed by atoms with Crippen molar-refractivity contribution >= 4 is 46.0 Å². The molecular weight excluding hydrogens is 588 g/mol. The quantitative estimate of drug-likeness (QED) is 0.0833. The van der Waals surface area contributed by atoms with Gasteiger partial charge in [-0.1, -0.05) is 64.5 Å². The number of aromatic nitrogens is 1. The van der Waals surface area contributed by atoms with E-state index in [2.05, 4.69) is 51.6 Å². The molecule has 0 aliphatic heterocycles. The van der Waals surface area contributed by atoms with Gasteiger partial charge in [0.05, 0.1) is 11.3 Å². The van der Waals surface area contributed by atoms with Crippen LogP contribution in [-0.4, -0.2) is 36.5 Å². The molecule has 2 aromatic carbocycles. The van der Waals surface area contributed by atoms with Crippen molar-refractivity contribution < 1.29 is 13.6 Å². The predicted octanol–water partition coefficient (Wildman–Crippen LogP) is 9.16. The van der Waals surface area contributed by atoms with Crippen molar-refractivity contribution in [1.29, 1.82) is 0 Å². The monoisotopic (exact) mass is 633 g/mol. The molecule has 3 N–H and O–H groups in total. The molecule has 3 aromatic rings. The number of benzene rings is 2. The van der Waals surface area contributed by atoms with Crippen molar-refractivity contribution in [3.8, 4) is 0 Å². The summed E-state index contributed by atoms with van der Waals surface area (Å²) in [4.78, 5) is 22.7. The van der Waals surface area contributed by atoms with E-state index < -0.39 is 11.6 Å². The van der Waals surface area contributed by atoms with Crippen LogP contribution < -0.4 is 16.0 Å². The molecule has 0 unspecified atom stereocenters. The third-order valence-corrected chi connectivity index (χ3v) is 7.29. The molecule has 0 spiro atoms. The summed E-state index contributed by atoms with van der Waals surface area (Å²) in [5, 5.41) is 9.35. The van der Waals surface area contributed by atoms with Crippen molar-refractivity contribution in [2.45, 2.75) is 53.5 Å². The van der Waals surface area contributed by atoms with Crippen LogP contribution in [0.2, 0.25) is 0 Å². The van der Waals surface area contributed by atoms with Gasteiger partial charge >= 0.3 is 0 Å². The van der Waals surface area contributed by atoms with Crippen molar-refractivity contribution in [2.75, 3.05) is 24.7 Å². The molecule has 0 aliphatic carbocycles. The molecule has 0 saturated heterocycles. The lowest BCUT2D eigenvalue weighted by atomic mass is 10.1. The molecule has 45 heavy (non-hydrogen) atoms. The average Bonchev–Trinajstić information content (AvgIpc) is 3.06. The number of carbonyl (C=O) groups is 1. The Morgan fingerprint density at radius 3 is 2.56 bits per heavy atom. The van der Waals surface area contributed by atoms with Gasteiger partial charge in [0.25, 0.3) is 5.91 Å². The Morgan fingerprint density at radius 2 is 1.84 bits per heavy atom. The molecule has 0 atom stereocenters. The number of amides is 1. The van der Waals surface area contributed by atoms with E-state index in [0.717, 1.165) is 52.5 Å². The first-order valence-corrected chi connectivity index (χ1v) is 16.5. The van der Waals surface area contributed by atoms with Gasteiger partial charge in [-0.3, -0.25) is 9.79 Å². The molecule has 1 amide bonds. The van der Waals surface area contributed by atoms with Crippen LogP contribution >= 0.6 is 11.8 Å². The Bertz CT molecular complexity index is 1490. The summed E-state index contributed by atoms with van der Waals surface area (Å²) >= 11 is 1.64. The first kappa shape index (κ1) is 36.9. The number of rotatable bonds is 16. The van der Waals surface area contributed by atoms with E-state index in [9.17, 15) is 13.6 Å². The van der Waals surface area contributed by atoms with Crippen molar-refractivity contribution in [3.05, 3.63) is 113 Å². The molecule has 0 saturated carbocycles. The van der Waals surface area contributed by atoms with Crippen LogP contribution in [0.5, 0.6) is 0 Å². The summed E-state index contributed by atoms with van der Waals surface area (Å²) in [5.74, 6) is -1.83. The zero-order valence-electron chi connectivity index (χ0n) is 26.9. The number of thioether (sulfide) groups is 1. The summed E-state index contributed by atoms with van der Waals surface area (Å²) in [6.07, 6.45) is 14.8. The van der Waals surface area contributed by atoms with E-state index in [4.69, 9.17) is 0 Å². The molecular formula is C36H45F2N5OS. The number of nitrogens with zero attached hydrogens (tertiary/aromatic N) is 2. The van der Waals surface area contributed by atoms with Crippen molar-refractivity contribution in [1.82, 2.24) is 15.6 Å². The zero-order chi connectivity index (χ0) is 33.0. The zero-order valence-corrected chi connectivity index (χ0v) is 27.7. The summed E-state index contributed by atoms with van der Waals surface area (Å²) < 4.78 is 26.7. The summed E-state index contributed by atoms with van der Waals surface area (Å²) in [6.45, 7) is 13.7. The second-order valence-electron chi connectivity index (χ2n) is 9.61. The lowest BCUT2D eigenvalue weighted by Gasteiger charge is -2.14. The molecule has 3 rings (SSSR count). The minimum atomic E-state index is -0.954. The number of hydrogen-bond acceptors (Lipinski definition) is 6. The molecule has 1 heterocycles. The topological polar surface area (TPSA) is 78.4 Å². The fourth-order valence-electron chi connectivity index (χ4n) is 4.21. The van der Waals surface area contributed by atoms with Gasteiger partial charge in [-0.05, 0) is 73.2 Å². The normalized spacial score (nSPS) is 11.3. The van der Waals surface area contributed by atoms with Gasteiger partial charge in [0, 0.05) is 48.2 Å². The number of hydrogen-bond donors (Lipinski definition) is 3. The number of carbonyl (C=O) groups excluding carboxylic acids is 1. The van der Waals surface area contributed by atoms with Gasteiger partial charge in [-0.15, -0.1) is 11.8 Å². The molecule has 6 nitrogen and oxygen atoms in total. The number of halogens is 2. The first-order valence-electron chi connectivity index (χ1n) is 15.3. The fraction of sp³-hybridized carbons (Fsp3) is 0.306. The smallest absolute Gasteiger partial charge is 0.255 e. The Hall–Kier alpha value is -4.24. The van der Waals surface area contributed by atoms with Crippen molar-refractivity contribution in [3.63, 3.8) is 0 Å². The maximum atomic E-state index is 13.5. The number of anilines is 1. The number of nitrogens with one attached hydrogen (secondary N) is 3. The summed E-state index contributed by atoms with van der Waals surface area (Å²) in [6, 6.07) is 13.0. The van der Waals surface area contributed by atoms with Gasteiger partial charge in [0.1, 0.15) is 5.82 Å². The van der Waals surface area contributed by atoms with Crippen LogP contribution in [0.25, 0.3) is 10.6 Å². The first-order chi connectivity index (χ1) is 21.9. The van der Waals surface area contributed by atoms with Gasteiger partial charge < -0.3 is 16.0 Å². The molecule has 0 bridgehead atoms. The van der Waals surface area contributed by atoms with Gasteiger partial charge in [0.2, 0.25) is 0 Å². The highest BCUT2D eigenvalue weighted by molar-refractivity contribution is 8.07. The van der Waals surface area contributed by atoms with E-state index in [-0.39, 0.29) is 12.5 Å². The number of allylic oxidation sites excluding steroid dienone is 2. The maximum Gasteiger partial charge on any atom is 0.255 e. The van der Waals surface area contributed by atoms with Crippen LogP contribution in [0.4, 0.5) is 20.3 Å². The van der Waals surface area contributed by atoms with E-state index in [1.54, 1.807) is 36.3 Å². The van der Waals surface area contributed by atoms with Crippen LogP contribution in [-0.2, 0) is 6.54 Å². The maximum absolute atomic E-state index is 13.5. The fourth-order valence-corrected chi connectivity index (χ4v) is 4.79.